The van der Waals surface area contributed by atoms with E-state index in [1.807, 2.05) is 19.9 Å². The summed E-state index contributed by atoms with van der Waals surface area (Å²) in [6.45, 7) is 11.2. The predicted octanol–water partition coefficient (Wildman–Crippen LogP) is 5.82. The van der Waals surface area contributed by atoms with Gasteiger partial charge in [0.2, 0.25) is 5.83 Å². The van der Waals surface area contributed by atoms with Crippen LogP contribution in [-0.4, -0.2) is 25.3 Å². The zero-order valence-corrected chi connectivity index (χ0v) is 17.6. The van der Waals surface area contributed by atoms with Crippen LogP contribution < -0.4 is 9.47 Å². The normalized spacial score (nSPS) is 16.1. The third-order valence-electron chi connectivity index (χ3n) is 4.37. The van der Waals surface area contributed by atoms with Crippen molar-refractivity contribution in [3.63, 3.8) is 0 Å². The number of benzene rings is 1. The summed E-state index contributed by atoms with van der Waals surface area (Å²) in [5.74, 6) is -1.03. The van der Waals surface area contributed by atoms with E-state index in [0.717, 1.165) is 11.1 Å². The standard InChI is InChI=1S/C21H26ClFO4/c1-8-26-20(24)17(23)12(4)13-9-14-15(11(2)3)10-21(5,6)27-19(14)16(22)18(13)25-7/h9-11H,8H2,1-7H3. The maximum atomic E-state index is 14.6. The van der Waals surface area contributed by atoms with E-state index >= 15 is 0 Å². The highest BCUT2D eigenvalue weighted by Gasteiger charge is 2.33. The van der Waals surface area contributed by atoms with Crippen molar-refractivity contribution in [2.24, 2.45) is 5.92 Å². The Morgan fingerprint density at radius 3 is 2.52 bits per heavy atom. The number of halogens is 2. The monoisotopic (exact) mass is 396 g/mol. The van der Waals surface area contributed by atoms with Gasteiger partial charge in [0.25, 0.3) is 0 Å². The topological polar surface area (TPSA) is 44.8 Å². The molecule has 0 unspecified atom stereocenters. The van der Waals surface area contributed by atoms with Gasteiger partial charge in [-0.1, -0.05) is 25.4 Å². The summed E-state index contributed by atoms with van der Waals surface area (Å²) < 4.78 is 30.8. The number of carbonyl (C=O) groups is 1. The summed E-state index contributed by atoms with van der Waals surface area (Å²) in [5, 5.41) is 0.250. The number of hydrogen-bond donors (Lipinski definition) is 0. The van der Waals surface area contributed by atoms with Crippen LogP contribution in [0.1, 0.15) is 52.7 Å². The van der Waals surface area contributed by atoms with Crippen LogP contribution in [0, 0.1) is 5.92 Å². The molecule has 0 amide bonds. The molecule has 6 heteroatoms. The SMILES string of the molecule is CCOC(=O)C(F)=C(C)c1cc2c(c(Cl)c1OC)OC(C)(C)C=C2C(C)C. The Labute approximate surface area is 164 Å². The van der Waals surface area contributed by atoms with Gasteiger partial charge in [-0.3, -0.25) is 0 Å². The molecule has 0 aromatic heterocycles. The van der Waals surface area contributed by atoms with E-state index < -0.39 is 17.4 Å². The van der Waals surface area contributed by atoms with E-state index in [2.05, 4.69) is 13.8 Å². The van der Waals surface area contributed by atoms with Gasteiger partial charge in [0.1, 0.15) is 16.4 Å². The number of rotatable bonds is 5. The van der Waals surface area contributed by atoms with Gasteiger partial charge < -0.3 is 14.2 Å². The lowest BCUT2D eigenvalue weighted by Crippen LogP contribution is -2.30. The smallest absolute Gasteiger partial charge is 0.367 e. The van der Waals surface area contributed by atoms with Gasteiger partial charge in [-0.25, -0.2) is 4.79 Å². The lowest BCUT2D eigenvalue weighted by atomic mass is 9.86. The maximum Gasteiger partial charge on any atom is 0.367 e. The van der Waals surface area contributed by atoms with Crippen LogP contribution >= 0.6 is 11.6 Å². The van der Waals surface area contributed by atoms with Crippen LogP contribution in [0.5, 0.6) is 11.5 Å². The van der Waals surface area contributed by atoms with Crippen molar-refractivity contribution in [1.29, 1.82) is 0 Å². The largest absolute Gasteiger partial charge is 0.494 e. The van der Waals surface area contributed by atoms with Gasteiger partial charge in [-0.15, -0.1) is 0 Å². The first-order valence-corrected chi connectivity index (χ1v) is 9.28. The molecule has 27 heavy (non-hydrogen) atoms. The second kappa shape index (κ2) is 7.93. The average molecular weight is 397 g/mol. The minimum Gasteiger partial charge on any atom is -0.494 e. The number of allylic oxidation sites excluding steroid dienone is 2. The summed E-state index contributed by atoms with van der Waals surface area (Å²) in [6.07, 6.45) is 2.04. The fourth-order valence-corrected chi connectivity index (χ4v) is 3.41. The van der Waals surface area contributed by atoms with Gasteiger partial charge in [-0.05, 0) is 51.3 Å². The van der Waals surface area contributed by atoms with Crippen LogP contribution in [0.3, 0.4) is 0 Å². The van der Waals surface area contributed by atoms with E-state index in [0.29, 0.717) is 11.3 Å². The number of esters is 1. The van der Waals surface area contributed by atoms with Gasteiger partial charge >= 0.3 is 5.97 Å². The fraction of sp³-hybridized carbons (Fsp3) is 0.476. The highest BCUT2D eigenvalue weighted by atomic mass is 35.5. The zero-order valence-electron chi connectivity index (χ0n) is 16.8. The Hall–Kier alpha value is -2.01. The van der Waals surface area contributed by atoms with E-state index in [-0.39, 0.29) is 28.9 Å². The first kappa shape index (κ1) is 21.3. The average Bonchev–Trinajstić information content (AvgIpc) is 2.59. The molecule has 1 heterocycles. The molecule has 0 atom stereocenters. The molecule has 0 fully saturated rings. The number of methoxy groups -OCH3 is 1. The Kier molecular flexibility index (Phi) is 6.25. The third-order valence-corrected chi connectivity index (χ3v) is 4.71. The molecule has 0 radical (unpaired) electrons. The van der Waals surface area contributed by atoms with Crippen molar-refractivity contribution < 1.29 is 23.4 Å². The van der Waals surface area contributed by atoms with Gasteiger partial charge in [0.15, 0.2) is 5.75 Å². The molecule has 4 nitrogen and oxygen atoms in total. The Morgan fingerprint density at radius 1 is 1.37 bits per heavy atom. The summed E-state index contributed by atoms with van der Waals surface area (Å²) in [6, 6.07) is 1.76. The van der Waals surface area contributed by atoms with Gasteiger partial charge in [0, 0.05) is 16.7 Å². The van der Waals surface area contributed by atoms with Crippen LogP contribution in [0.15, 0.2) is 18.0 Å². The van der Waals surface area contributed by atoms with E-state index in [1.165, 1.54) is 14.0 Å². The number of ether oxygens (including phenoxy) is 3. The zero-order chi connectivity index (χ0) is 20.5. The molecule has 2 rings (SSSR count). The van der Waals surface area contributed by atoms with Crippen LogP contribution in [-0.2, 0) is 9.53 Å². The Bertz CT molecular complexity index is 822. The van der Waals surface area contributed by atoms with Crippen molar-refractivity contribution in [2.45, 2.75) is 47.1 Å². The molecule has 1 aliphatic rings. The minimum atomic E-state index is -1.01. The number of carbonyl (C=O) groups excluding carboxylic acids is 1. The Balaban J connectivity index is 2.77. The molecular formula is C21H26ClFO4. The molecule has 1 aromatic carbocycles. The Morgan fingerprint density at radius 2 is 2.00 bits per heavy atom. The van der Waals surface area contributed by atoms with Gasteiger partial charge in [0.05, 0.1) is 13.7 Å². The highest BCUT2D eigenvalue weighted by Crippen LogP contribution is 2.50. The van der Waals surface area contributed by atoms with E-state index in [1.54, 1.807) is 13.0 Å². The lowest BCUT2D eigenvalue weighted by molar-refractivity contribution is -0.140. The minimum absolute atomic E-state index is 0.0881. The maximum absolute atomic E-state index is 14.6. The third kappa shape index (κ3) is 4.13. The molecule has 0 aliphatic carbocycles. The first-order valence-electron chi connectivity index (χ1n) is 8.90. The fourth-order valence-electron chi connectivity index (χ4n) is 3.10. The molecule has 1 aliphatic heterocycles. The second-order valence-electron chi connectivity index (χ2n) is 7.27. The van der Waals surface area contributed by atoms with Crippen molar-refractivity contribution in [3.8, 4) is 11.5 Å². The van der Waals surface area contributed by atoms with Crippen LogP contribution in [0.25, 0.3) is 11.1 Å². The van der Waals surface area contributed by atoms with Crippen molar-refractivity contribution in [1.82, 2.24) is 0 Å². The van der Waals surface area contributed by atoms with Crippen molar-refractivity contribution in [3.05, 3.63) is 34.1 Å². The molecule has 0 bridgehead atoms. The highest BCUT2D eigenvalue weighted by molar-refractivity contribution is 6.34. The molecule has 1 aromatic rings. The summed E-state index contributed by atoms with van der Waals surface area (Å²) in [7, 11) is 1.44. The molecular weight excluding hydrogens is 371 g/mol. The predicted molar refractivity (Wildman–Crippen MR) is 106 cm³/mol. The quantitative estimate of drug-likeness (QED) is 0.464. The summed E-state index contributed by atoms with van der Waals surface area (Å²) in [4.78, 5) is 11.8. The van der Waals surface area contributed by atoms with E-state index in [4.69, 9.17) is 25.8 Å². The lowest BCUT2D eigenvalue weighted by Gasteiger charge is -2.34. The summed E-state index contributed by atoms with van der Waals surface area (Å²) in [5.41, 5.74) is 1.76. The number of fused-ring (bicyclic) bond motifs is 1. The van der Waals surface area contributed by atoms with Gasteiger partial charge in [-0.2, -0.15) is 4.39 Å². The molecule has 0 spiro atoms. The summed E-state index contributed by atoms with van der Waals surface area (Å²) >= 11 is 6.58. The second-order valence-corrected chi connectivity index (χ2v) is 7.65. The molecule has 0 N–H and O–H groups in total. The molecule has 148 valence electrons. The van der Waals surface area contributed by atoms with Crippen LogP contribution in [0.4, 0.5) is 4.39 Å². The first-order chi connectivity index (χ1) is 12.5. The molecule has 0 saturated carbocycles. The van der Waals surface area contributed by atoms with E-state index in [9.17, 15) is 9.18 Å². The molecule has 0 saturated heterocycles. The van der Waals surface area contributed by atoms with Crippen molar-refractivity contribution in [2.75, 3.05) is 13.7 Å². The number of hydrogen-bond acceptors (Lipinski definition) is 4. The van der Waals surface area contributed by atoms with Crippen LogP contribution in [0.2, 0.25) is 5.02 Å². The van der Waals surface area contributed by atoms with Crippen molar-refractivity contribution >= 4 is 28.7 Å².